The van der Waals surface area contributed by atoms with E-state index in [1.807, 2.05) is 0 Å². The van der Waals surface area contributed by atoms with Gasteiger partial charge in [-0.1, -0.05) is 23.2 Å². The van der Waals surface area contributed by atoms with Gasteiger partial charge < -0.3 is 25.3 Å². The minimum absolute atomic E-state index is 0.126. The predicted molar refractivity (Wildman–Crippen MR) is 123 cm³/mol. The van der Waals surface area contributed by atoms with Gasteiger partial charge in [-0.3, -0.25) is 9.69 Å². The van der Waals surface area contributed by atoms with Crippen molar-refractivity contribution >= 4 is 40.8 Å². The minimum Gasteiger partial charge on any atom is -0.391 e. The number of urea groups is 1. The van der Waals surface area contributed by atoms with Crippen molar-refractivity contribution < 1.29 is 19.8 Å². The Kier molecular flexibility index (Phi) is 6.89. The van der Waals surface area contributed by atoms with Crippen LogP contribution in [0.5, 0.6) is 0 Å². The quantitative estimate of drug-likeness (QED) is 0.595. The van der Waals surface area contributed by atoms with Gasteiger partial charge in [-0.05, 0) is 56.3 Å². The number of aliphatic hydroxyl groups is 2. The van der Waals surface area contributed by atoms with Gasteiger partial charge in [0.2, 0.25) is 5.91 Å². The molecular formula is C22H30Cl2N4O4. The van der Waals surface area contributed by atoms with Crippen molar-refractivity contribution in [3.05, 3.63) is 28.2 Å². The van der Waals surface area contributed by atoms with Gasteiger partial charge >= 0.3 is 6.03 Å². The molecule has 0 aromatic heterocycles. The van der Waals surface area contributed by atoms with Gasteiger partial charge in [0.15, 0.2) is 0 Å². The standard InChI is InChI=1S/C22H30Cl2N4O4/c1-14-20(31)27(12-16(29)11-26-7-6-22(4-5-22)19(30)13-26)8-9-28(14)21(32)25-15-2-3-17(23)18(24)10-15/h2-3,10,14,16,19,29-30H,4-9,11-13H2,1H3,(H,25,32)/t14-,16-,19+/m0/s1. The molecule has 3 aliphatic rings. The van der Waals surface area contributed by atoms with Gasteiger partial charge in [0.25, 0.3) is 0 Å². The number of likely N-dealkylation sites (tertiary alicyclic amines) is 1. The highest BCUT2D eigenvalue weighted by Gasteiger charge is 2.51. The summed E-state index contributed by atoms with van der Waals surface area (Å²) in [6.45, 7) is 4.46. The number of piperidine rings is 1. The molecule has 4 rings (SSSR count). The van der Waals surface area contributed by atoms with Crippen molar-refractivity contribution in [3.63, 3.8) is 0 Å². The normalized spacial score (nSPS) is 26.3. The monoisotopic (exact) mass is 484 g/mol. The highest BCUT2D eigenvalue weighted by atomic mass is 35.5. The Morgan fingerprint density at radius 3 is 2.59 bits per heavy atom. The second-order valence-electron chi connectivity index (χ2n) is 9.25. The molecule has 10 heteroatoms. The summed E-state index contributed by atoms with van der Waals surface area (Å²) in [4.78, 5) is 30.7. The summed E-state index contributed by atoms with van der Waals surface area (Å²) in [7, 11) is 0. The van der Waals surface area contributed by atoms with Crippen LogP contribution in [-0.2, 0) is 4.79 Å². The first-order valence-corrected chi connectivity index (χ1v) is 11.8. The first-order valence-electron chi connectivity index (χ1n) is 11.1. The van der Waals surface area contributed by atoms with Crippen molar-refractivity contribution in [1.29, 1.82) is 0 Å². The number of β-amino-alcohol motifs (C(OH)–C–C–N with tert-alkyl or cyclic N) is 2. The molecule has 1 aromatic rings. The molecule has 2 heterocycles. The van der Waals surface area contributed by atoms with Crippen LogP contribution < -0.4 is 5.32 Å². The Balaban J connectivity index is 1.27. The van der Waals surface area contributed by atoms with Crippen LogP contribution in [0.1, 0.15) is 26.2 Å². The molecule has 176 valence electrons. The second-order valence-corrected chi connectivity index (χ2v) is 10.1. The van der Waals surface area contributed by atoms with Gasteiger partial charge in [0.1, 0.15) is 6.04 Å². The highest BCUT2D eigenvalue weighted by Crippen LogP contribution is 2.53. The molecule has 8 nitrogen and oxygen atoms in total. The molecule has 1 saturated carbocycles. The molecule has 0 bridgehead atoms. The largest absolute Gasteiger partial charge is 0.391 e. The SMILES string of the molecule is C[C@H]1C(=O)N(C[C@@H](O)CN2CCC3(CC3)[C@H](O)C2)CCN1C(=O)Nc1ccc(Cl)c(Cl)c1. The first-order chi connectivity index (χ1) is 15.2. The molecule has 3 atom stereocenters. The summed E-state index contributed by atoms with van der Waals surface area (Å²) in [6.07, 6.45) is 2.12. The Bertz CT molecular complexity index is 881. The lowest BCUT2D eigenvalue weighted by molar-refractivity contribution is -0.141. The van der Waals surface area contributed by atoms with E-state index in [4.69, 9.17) is 23.2 Å². The molecule has 2 aliphatic heterocycles. The first kappa shape index (κ1) is 23.6. The number of carbonyl (C=O) groups excluding carboxylic acids is 2. The number of anilines is 1. The van der Waals surface area contributed by atoms with Gasteiger partial charge in [0, 0.05) is 38.4 Å². The Morgan fingerprint density at radius 2 is 1.94 bits per heavy atom. The Hall–Kier alpha value is -1.58. The number of benzene rings is 1. The van der Waals surface area contributed by atoms with Crippen LogP contribution in [0.3, 0.4) is 0 Å². The molecule has 3 N–H and O–H groups in total. The van der Waals surface area contributed by atoms with E-state index in [1.165, 1.54) is 4.90 Å². The van der Waals surface area contributed by atoms with E-state index >= 15 is 0 Å². The number of rotatable bonds is 5. The molecule has 2 saturated heterocycles. The highest BCUT2D eigenvalue weighted by molar-refractivity contribution is 6.42. The lowest BCUT2D eigenvalue weighted by Gasteiger charge is -2.41. The number of nitrogens with one attached hydrogen (secondary N) is 1. The summed E-state index contributed by atoms with van der Waals surface area (Å²) < 4.78 is 0. The zero-order valence-corrected chi connectivity index (χ0v) is 19.6. The topological polar surface area (TPSA) is 96.3 Å². The maximum Gasteiger partial charge on any atom is 0.322 e. The van der Waals surface area contributed by atoms with E-state index < -0.39 is 12.1 Å². The number of nitrogens with zero attached hydrogens (tertiary/aromatic N) is 3. The van der Waals surface area contributed by atoms with Crippen molar-refractivity contribution in [3.8, 4) is 0 Å². The van der Waals surface area contributed by atoms with E-state index in [0.717, 1.165) is 25.8 Å². The van der Waals surface area contributed by atoms with Crippen molar-refractivity contribution in [2.75, 3.05) is 44.6 Å². The average molecular weight is 485 g/mol. The maximum absolute atomic E-state index is 12.9. The second kappa shape index (κ2) is 9.35. The van der Waals surface area contributed by atoms with Crippen molar-refractivity contribution in [1.82, 2.24) is 14.7 Å². The van der Waals surface area contributed by atoms with E-state index in [1.54, 1.807) is 30.0 Å². The molecule has 1 aliphatic carbocycles. The van der Waals surface area contributed by atoms with Crippen LogP contribution in [0, 0.1) is 5.41 Å². The molecule has 0 radical (unpaired) electrons. The molecule has 3 fully saturated rings. The number of aliphatic hydroxyl groups excluding tert-OH is 2. The lowest BCUT2D eigenvalue weighted by atomic mass is 9.90. The zero-order chi connectivity index (χ0) is 23.0. The molecule has 1 spiro atoms. The molecule has 1 aromatic carbocycles. The van der Waals surface area contributed by atoms with E-state index in [0.29, 0.717) is 41.9 Å². The Morgan fingerprint density at radius 1 is 1.19 bits per heavy atom. The Labute approximate surface area is 198 Å². The van der Waals surface area contributed by atoms with Crippen LogP contribution in [0.2, 0.25) is 10.0 Å². The summed E-state index contributed by atoms with van der Waals surface area (Å²) in [5.41, 5.74) is 0.625. The predicted octanol–water partition coefficient (Wildman–Crippen LogP) is 2.27. The maximum atomic E-state index is 12.9. The van der Waals surface area contributed by atoms with Crippen LogP contribution in [0.15, 0.2) is 18.2 Å². The van der Waals surface area contributed by atoms with E-state index in [2.05, 4.69) is 10.2 Å². The summed E-state index contributed by atoms with van der Waals surface area (Å²) >= 11 is 11.9. The van der Waals surface area contributed by atoms with Gasteiger partial charge in [0.05, 0.1) is 22.3 Å². The third kappa shape index (κ3) is 4.99. The van der Waals surface area contributed by atoms with E-state index in [9.17, 15) is 19.8 Å². The van der Waals surface area contributed by atoms with Gasteiger partial charge in [-0.2, -0.15) is 0 Å². The van der Waals surface area contributed by atoms with Crippen LogP contribution >= 0.6 is 23.2 Å². The summed E-state index contributed by atoms with van der Waals surface area (Å²) in [5.74, 6) is -0.199. The molecular weight excluding hydrogens is 455 g/mol. The third-order valence-corrected chi connectivity index (χ3v) is 7.77. The number of hydrogen-bond acceptors (Lipinski definition) is 5. The van der Waals surface area contributed by atoms with Crippen LogP contribution in [-0.4, -0.2) is 94.4 Å². The summed E-state index contributed by atoms with van der Waals surface area (Å²) in [5, 5.41) is 24.4. The average Bonchev–Trinajstić information content (AvgIpc) is 3.52. The van der Waals surface area contributed by atoms with E-state index in [-0.39, 0.29) is 30.0 Å². The molecule has 3 amide bonds. The molecule has 0 unspecified atom stereocenters. The zero-order valence-electron chi connectivity index (χ0n) is 18.1. The number of halogens is 2. The minimum atomic E-state index is -0.705. The van der Waals surface area contributed by atoms with Crippen molar-refractivity contribution in [2.24, 2.45) is 5.41 Å². The van der Waals surface area contributed by atoms with Crippen LogP contribution in [0.25, 0.3) is 0 Å². The van der Waals surface area contributed by atoms with Crippen LogP contribution in [0.4, 0.5) is 10.5 Å². The third-order valence-electron chi connectivity index (χ3n) is 7.04. The van der Waals surface area contributed by atoms with Crippen molar-refractivity contribution in [2.45, 2.75) is 44.4 Å². The fourth-order valence-electron chi connectivity index (χ4n) is 4.75. The summed E-state index contributed by atoms with van der Waals surface area (Å²) in [6, 6.07) is 3.77. The number of hydrogen-bond donors (Lipinski definition) is 3. The smallest absolute Gasteiger partial charge is 0.322 e. The number of piperazine rings is 1. The fourth-order valence-corrected chi connectivity index (χ4v) is 5.05. The molecule has 32 heavy (non-hydrogen) atoms. The lowest BCUT2D eigenvalue weighted by Crippen LogP contribution is -2.60. The fraction of sp³-hybridized carbons (Fsp3) is 0.636. The number of carbonyl (C=O) groups is 2. The van der Waals surface area contributed by atoms with Gasteiger partial charge in [-0.15, -0.1) is 0 Å². The number of amides is 3. The van der Waals surface area contributed by atoms with Gasteiger partial charge in [-0.25, -0.2) is 4.79 Å².